The lowest BCUT2D eigenvalue weighted by Gasteiger charge is -2.15. The van der Waals surface area contributed by atoms with E-state index in [1.807, 2.05) is 6.08 Å². The molecule has 0 unspecified atom stereocenters. The first-order valence-corrected chi connectivity index (χ1v) is 6.42. The predicted octanol–water partition coefficient (Wildman–Crippen LogP) is 1.60. The van der Waals surface area contributed by atoms with E-state index in [4.69, 9.17) is 0 Å². The standard InChI is InChI=1S/C6H15NSi/c1-5-6-7-8(2,3)4/h5,7H,1,6H2,2-4H3. The molecular formula is C6H15NSi. The van der Waals surface area contributed by atoms with Gasteiger partial charge in [0.05, 0.1) is 0 Å². The highest BCUT2D eigenvalue weighted by atomic mass is 28.3. The molecule has 0 bridgehead atoms. The third-order valence-corrected chi connectivity index (χ3v) is 2.04. The minimum Gasteiger partial charge on any atom is -0.334 e. The molecule has 0 amide bonds. The van der Waals surface area contributed by atoms with Gasteiger partial charge in [-0.15, -0.1) is 6.58 Å². The van der Waals surface area contributed by atoms with Crippen LogP contribution in [-0.4, -0.2) is 14.8 Å². The van der Waals surface area contributed by atoms with Gasteiger partial charge in [0, 0.05) is 6.54 Å². The number of hydrogen-bond donors (Lipinski definition) is 1. The number of rotatable bonds is 3. The molecule has 48 valence electrons. The molecule has 8 heavy (non-hydrogen) atoms. The van der Waals surface area contributed by atoms with Gasteiger partial charge in [-0.1, -0.05) is 25.7 Å². The van der Waals surface area contributed by atoms with Crippen LogP contribution in [0.25, 0.3) is 0 Å². The quantitative estimate of drug-likeness (QED) is 0.451. The van der Waals surface area contributed by atoms with Crippen LogP contribution >= 0.6 is 0 Å². The number of nitrogens with one attached hydrogen (secondary N) is 1. The minimum absolute atomic E-state index is 0.954. The molecule has 0 spiro atoms. The molecule has 0 atom stereocenters. The fourth-order valence-corrected chi connectivity index (χ4v) is 1.14. The topological polar surface area (TPSA) is 12.0 Å². The predicted molar refractivity (Wildman–Crippen MR) is 41.5 cm³/mol. The maximum absolute atomic E-state index is 3.62. The lowest BCUT2D eigenvalue weighted by molar-refractivity contribution is 1.04. The highest BCUT2D eigenvalue weighted by Gasteiger charge is 2.09. The fraction of sp³-hybridized carbons (Fsp3) is 0.667. The van der Waals surface area contributed by atoms with Crippen molar-refractivity contribution in [1.82, 2.24) is 4.98 Å². The Bertz CT molecular complexity index is 73.1. The molecule has 0 radical (unpaired) electrons. The van der Waals surface area contributed by atoms with Gasteiger partial charge in [0.25, 0.3) is 0 Å². The monoisotopic (exact) mass is 129 g/mol. The van der Waals surface area contributed by atoms with Gasteiger partial charge in [-0.25, -0.2) is 0 Å². The van der Waals surface area contributed by atoms with Gasteiger partial charge in [-0.3, -0.25) is 0 Å². The van der Waals surface area contributed by atoms with Crippen LogP contribution in [0.5, 0.6) is 0 Å². The molecule has 0 fully saturated rings. The van der Waals surface area contributed by atoms with E-state index in [0.717, 1.165) is 6.54 Å². The summed E-state index contributed by atoms with van der Waals surface area (Å²) in [7, 11) is -0.999. The van der Waals surface area contributed by atoms with Crippen LogP contribution in [0.3, 0.4) is 0 Å². The average molecular weight is 129 g/mol. The maximum Gasteiger partial charge on any atom is 0.116 e. The SMILES string of the molecule is C=CCN[Si](C)(C)C. The Labute approximate surface area is 52.9 Å². The van der Waals surface area contributed by atoms with Gasteiger partial charge in [0.1, 0.15) is 8.24 Å². The summed E-state index contributed by atoms with van der Waals surface area (Å²) in [5, 5.41) is 0. The van der Waals surface area contributed by atoms with Gasteiger partial charge in [0.2, 0.25) is 0 Å². The van der Waals surface area contributed by atoms with E-state index in [-0.39, 0.29) is 0 Å². The van der Waals surface area contributed by atoms with Crippen molar-refractivity contribution in [2.75, 3.05) is 6.54 Å². The van der Waals surface area contributed by atoms with Crippen molar-refractivity contribution in [3.05, 3.63) is 12.7 Å². The zero-order valence-corrected chi connectivity index (χ0v) is 6.99. The van der Waals surface area contributed by atoms with Crippen molar-refractivity contribution in [3.63, 3.8) is 0 Å². The van der Waals surface area contributed by atoms with Crippen molar-refractivity contribution in [2.24, 2.45) is 0 Å². The highest BCUT2D eigenvalue weighted by Crippen LogP contribution is 1.91. The van der Waals surface area contributed by atoms with Gasteiger partial charge in [0.15, 0.2) is 0 Å². The van der Waals surface area contributed by atoms with Crippen molar-refractivity contribution >= 4 is 8.24 Å². The Morgan fingerprint density at radius 2 is 2.00 bits per heavy atom. The summed E-state index contributed by atoms with van der Waals surface area (Å²) in [6.07, 6.45) is 1.90. The number of hydrogen-bond acceptors (Lipinski definition) is 1. The molecule has 0 aliphatic heterocycles. The molecule has 0 aliphatic carbocycles. The molecule has 0 saturated carbocycles. The van der Waals surface area contributed by atoms with E-state index in [0.29, 0.717) is 0 Å². The van der Waals surface area contributed by atoms with E-state index in [2.05, 4.69) is 31.2 Å². The van der Waals surface area contributed by atoms with Crippen molar-refractivity contribution in [2.45, 2.75) is 19.6 Å². The largest absolute Gasteiger partial charge is 0.334 e. The minimum atomic E-state index is -0.999. The summed E-state index contributed by atoms with van der Waals surface area (Å²) >= 11 is 0. The molecule has 1 N–H and O–H groups in total. The average Bonchev–Trinajstić information content (AvgIpc) is 1.59. The Morgan fingerprint density at radius 3 is 2.12 bits per heavy atom. The summed E-state index contributed by atoms with van der Waals surface area (Å²) in [6.45, 7) is 11.4. The summed E-state index contributed by atoms with van der Waals surface area (Å²) in [4.78, 5) is 3.39. The molecule has 0 saturated heterocycles. The Hall–Kier alpha value is -0.0831. The van der Waals surface area contributed by atoms with Crippen molar-refractivity contribution in [3.8, 4) is 0 Å². The van der Waals surface area contributed by atoms with Crippen LogP contribution in [0.15, 0.2) is 12.7 Å². The second-order valence-electron chi connectivity index (χ2n) is 2.92. The first kappa shape index (κ1) is 7.92. The van der Waals surface area contributed by atoms with E-state index in [9.17, 15) is 0 Å². The van der Waals surface area contributed by atoms with Gasteiger partial charge >= 0.3 is 0 Å². The van der Waals surface area contributed by atoms with E-state index in [1.54, 1.807) is 0 Å². The lowest BCUT2D eigenvalue weighted by atomic mass is 10.7. The lowest BCUT2D eigenvalue weighted by Crippen LogP contribution is -2.41. The third kappa shape index (κ3) is 5.92. The highest BCUT2D eigenvalue weighted by molar-refractivity contribution is 6.73. The Kier molecular flexibility index (Phi) is 3.01. The molecule has 2 heteroatoms. The summed E-state index contributed by atoms with van der Waals surface area (Å²) in [5.74, 6) is 0. The van der Waals surface area contributed by atoms with E-state index in [1.165, 1.54) is 0 Å². The van der Waals surface area contributed by atoms with Crippen LogP contribution in [0, 0.1) is 0 Å². The summed E-state index contributed by atoms with van der Waals surface area (Å²) in [6, 6.07) is 0. The molecule has 0 aromatic carbocycles. The van der Waals surface area contributed by atoms with Gasteiger partial charge in [-0.05, 0) is 0 Å². The normalized spacial score (nSPS) is 11.4. The smallest absolute Gasteiger partial charge is 0.116 e. The van der Waals surface area contributed by atoms with E-state index >= 15 is 0 Å². The van der Waals surface area contributed by atoms with Gasteiger partial charge < -0.3 is 4.98 Å². The Balaban J connectivity index is 3.24. The third-order valence-electron chi connectivity index (χ3n) is 0.777. The molecule has 1 nitrogen and oxygen atoms in total. The zero-order chi connectivity index (χ0) is 6.62. The van der Waals surface area contributed by atoms with E-state index < -0.39 is 8.24 Å². The molecule has 0 rings (SSSR count). The summed E-state index contributed by atoms with van der Waals surface area (Å²) < 4.78 is 0. The molecule has 0 aromatic heterocycles. The van der Waals surface area contributed by atoms with Crippen LogP contribution < -0.4 is 4.98 Å². The first-order chi connectivity index (χ1) is 3.56. The second-order valence-corrected chi connectivity index (χ2v) is 7.77. The maximum atomic E-state index is 3.62. The van der Waals surface area contributed by atoms with Crippen LogP contribution in [0.2, 0.25) is 19.6 Å². The molecule has 0 aromatic rings. The first-order valence-electron chi connectivity index (χ1n) is 2.92. The van der Waals surface area contributed by atoms with Crippen LogP contribution in [0.4, 0.5) is 0 Å². The van der Waals surface area contributed by atoms with Crippen molar-refractivity contribution < 1.29 is 0 Å². The van der Waals surface area contributed by atoms with Crippen molar-refractivity contribution in [1.29, 1.82) is 0 Å². The fourth-order valence-electron chi connectivity index (χ4n) is 0.378. The second kappa shape index (κ2) is 3.05. The molecule has 0 aliphatic rings. The van der Waals surface area contributed by atoms with Crippen LogP contribution in [-0.2, 0) is 0 Å². The molecule has 0 heterocycles. The Morgan fingerprint density at radius 1 is 1.50 bits per heavy atom. The van der Waals surface area contributed by atoms with Gasteiger partial charge in [-0.2, -0.15) is 0 Å². The van der Waals surface area contributed by atoms with Crippen LogP contribution in [0.1, 0.15) is 0 Å². The zero-order valence-electron chi connectivity index (χ0n) is 5.99. The molecular weight excluding hydrogens is 114 g/mol. The summed E-state index contributed by atoms with van der Waals surface area (Å²) in [5.41, 5.74) is 0.